The van der Waals surface area contributed by atoms with Gasteiger partial charge in [0.2, 0.25) is 0 Å². The summed E-state index contributed by atoms with van der Waals surface area (Å²) in [7, 11) is 0. The van der Waals surface area contributed by atoms with Gasteiger partial charge in [0.1, 0.15) is 0 Å². The van der Waals surface area contributed by atoms with Crippen LogP contribution in [-0.4, -0.2) is 20.9 Å². The van der Waals surface area contributed by atoms with Gasteiger partial charge in [-0.25, -0.2) is 4.68 Å². The number of fused-ring (bicyclic) bond motifs is 1. The molecule has 0 radical (unpaired) electrons. The topological polar surface area (TPSA) is 55.1 Å². The summed E-state index contributed by atoms with van der Waals surface area (Å²) in [6, 6.07) is 15.7. The Hall–Kier alpha value is -2.62. The monoisotopic (exact) mass is 280 g/mol. The van der Waals surface area contributed by atoms with Gasteiger partial charge in [-0.1, -0.05) is 37.3 Å². The van der Waals surface area contributed by atoms with E-state index in [2.05, 4.69) is 12.0 Å². The molecule has 21 heavy (non-hydrogen) atoms. The zero-order valence-corrected chi connectivity index (χ0v) is 11.8. The molecule has 2 aromatic carbocycles. The minimum absolute atomic E-state index is 0.0456. The lowest BCUT2D eigenvalue weighted by Gasteiger charge is -2.07. The summed E-state index contributed by atoms with van der Waals surface area (Å²) in [6.07, 6.45) is 0.930. The average molecular weight is 280 g/mol. The van der Waals surface area contributed by atoms with Gasteiger partial charge in [-0.15, -0.1) is 0 Å². The van der Waals surface area contributed by atoms with Crippen LogP contribution in [0.4, 0.5) is 0 Å². The summed E-state index contributed by atoms with van der Waals surface area (Å²) in [4.78, 5) is 11.2. The zero-order valence-electron chi connectivity index (χ0n) is 11.8. The lowest BCUT2D eigenvalue weighted by molar-refractivity contribution is -0.136. The number of carboxylic acids is 1. The smallest absolute Gasteiger partial charge is 0.309 e. The molecule has 106 valence electrons. The number of aryl methyl sites for hydroxylation is 1. The maximum Gasteiger partial charge on any atom is 0.309 e. The van der Waals surface area contributed by atoms with Crippen LogP contribution in [0.3, 0.4) is 0 Å². The van der Waals surface area contributed by atoms with Crippen LogP contribution in [0.5, 0.6) is 0 Å². The number of carbonyl (C=O) groups is 1. The number of aliphatic carboxylic acids is 1. The lowest BCUT2D eigenvalue weighted by Crippen LogP contribution is -2.08. The van der Waals surface area contributed by atoms with Crippen molar-refractivity contribution in [2.45, 2.75) is 19.8 Å². The normalized spacial score (nSPS) is 10.9. The van der Waals surface area contributed by atoms with Gasteiger partial charge in [0.05, 0.1) is 23.3 Å². The molecule has 0 bridgehead atoms. The van der Waals surface area contributed by atoms with Gasteiger partial charge < -0.3 is 5.11 Å². The van der Waals surface area contributed by atoms with Crippen molar-refractivity contribution in [3.63, 3.8) is 0 Å². The maximum atomic E-state index is 11.2. The Kier molecular flexibility index (Phi) is 3.44. The molecule has 0 amide bonds. The number of hydrogen-bond donors (Lipinski definition) is 1. The molecule has 0 unspecified atom stereocenters. The Morgan fingerprint density at radius 2 is 1.86 bits per heavy atom. The highest BCUT2D eigenvalue weighted by Gasteiger charge is 2.15. The highest BCUT2D eigenvalue weighted by Crippen LogP contribution is 2.22. The fourth-order valence-electron chi connectivity index (χ4n) is 2.49. The summed E-state index contributed by atoms with van der Waals surface area (Å²) in [5.74, 6) is -0.855. The van der Waals surface area contributed by atoms with E-state index in [0.717, 1.165) is 23.0 Å². The van der Waals surface area contributed by atoms with Crippen molar-refractivity contribution in [3.8, 4) is 5.69 Å². The van der Waals surface area contributed by atoms with Crippen LogP contribution in [0.1, 0.15) is 18.2 Å². The number of hydrogen-bond acceptors (Lipinski definition) is 2. The first-order chi connectivity index (χ1) is 10.2. The fourth-order valence-corrected chi connectivity index (χ4v) is 2.49. The molecule has 3 aromatic rings. The molecule has 0 aliphatic rings. The summed E-state index contributed by atoms with van der Waals surface area (Å²) < 4.78 is 1.73. The quantitative estimate of drug-likeness (QED) is 0.798. The molecule has 0 spiro atoms. The molecule has 1 N–H and O–H groups in total. The molecule has 3 rings (SSSR count). The first-order valence-electron chi connectivity index (χ1n) is 6.97. The molecular formula is C17H16N2O2. The van der Waals surface area contributed by atoms with Gasteiger partial charge in [-0.05, 0) is 30.2 Å². The van der Waals surface area contributed by atoms with Gasteiger partial charge in [0.25, 0.3) is 0 Å². The van der Waals surface area contributed by atoms with Crippen LogP contribution < -0.4 is 0 Å². The van der Waals surface area contributed by atoms with Gasteiger partial charge >= 0.3 is 5.97 Å². The molecule has 4 nitrogen and oxygen atoms in total. The third-order valence-electron chi connectivity index (χ3n) is 3.59. The number of nitrogens with zero attached hydrogens (tertiary/aromatic N) is 2. The van der Waals surface area contributed by atoms with E-state index in [9.17, 15) is 4.79 Å². The van der Waals surface area contributed by atoms with Crippen molar-refractivity contribution in [2.75, 3.05) is 0 Å². The van der Waals surface area contributed by atoms with Crippen LogP contribution >= 0.6 is 0 Å². The van der Waals surface area contributed by atoms with Gasteiger partial charge in [-0.2, -0.15) is 5.10 Å². The van der Waals surface area contributed by atoms with Crippen molar-refractivity contribution < 1.29 is 9.90 Å². The summed E-state index contributed by atoms with van der Waals surface area (Å²) in [5, 5.41) is 14.6. The first kappa shape index (κ1) is 13.4. The van der Waals surface area contributed by atoms with E-state index in [-0.39, 0.29) is 6.42 Å². The van der Waals surface area contributed by atoms with E-state index >= 15 is 0 Å². The second-order valence-electron chi connectivity index (χ2n) is 4.97. The highest BCUT2D eigenvalue weighted by atomic mass is 16.4. The number of benzene rings is 2. The largest absolute Gasteiger partial charge is 0.481 e. The Morgan fingerprint density at radius 3 is 2.52 bits per heavy atom. The molecule has 1 aromatic heterocycles. The van der Waals surface area contributed by atoms with Crippen LogP contribution in [0, 0.1) is 0 Å². The third-order valence-corrected chi connectivity index (χ3v) is 3.59. The number of carboxylic acid groups (broad SMARTS) is 1. The summed E-state index contributed by atoms with van der Waals surface area (Å²) >= 11 is 0. The van der Waals surface area contributed by atoms with E-state index in [4.69, 9.17) is 5.11 Å². The Labute approximate surface area is 122 Å². The molecule has 0 saturated carbocycles. The van der Waals surface area contributed by atoms with Gasteiger partial charge in [0, 0.05) is 5.39 Å². The SMILES string of the molecule is CCc1ccc(-n2nc3ccccc3c2CC(=O)O)cc1. The minimum Gasteiger partial charge on any atom is -0.481 e. The standard InChI is InChI=1S/C17H16N2O2/c1-2-12-7-9-13(10-8-12)19-16(11-17(20)21)14-5-3-4-6-15(14)18-19/h3-10H,2,11H2,1H3,(H,20,21). The Bertz CT molecular complexity index is 788. The minimum atomic E-state index is -0.855. The van der Waals surface area contributed by atoms with E-state index in [1.807, 2.05) is 48.5 Å². The maximum absolute atomic E-state index is 11.2. The van der Waals surface area contributed by atoms with Crippen LogP contribution in [0.25, 0.3) is 16.6 Å². The molecule has 0 fully saturated rings. The Morgan fingerprint density at radius 1 is 1.14 bits per heavy atom. The molecule has 4 heteroatoms. The lowest BCUT2D eigenvalue weighted by atomic mass is 10.1. The van der Waals surface area contributed by atoms with Crippen molar-refractivity contribution in [1.82, 2.24) is 9.78 Å². The van der Waals surface area contributed by atoms with E-state index < -0.39 is 5.97 Å². The van der Waals surface area contributed by atoms with Crippen molar-refractivity contribution in [3.05, 3.63) is 59.8 Å². The second-order valence-corrected chi connectivity index (χ2v) is 4.97. The summed E-state index contributed by atoms with van der Waals surface area (Å²) in [5.41, 5.74) is 3.66. The molecule has 0 saturated heterocycles. The van der Waals surface area contributed by atoms with Crippen LogP contribution in [0.2, 0.25) is 0 Å². The Balaban J connectivity index is 2.17. The van der Waals surface area contributed by atoms with E-state index in [1.165, 1.54) is 5.56 Å². The van der Waals surface area contributed by atoms with Crippen LogP contribution in [0.15, 0.2) is 48.5 Å². The fraction of sp³-hybridized carbons (Fsp3) is 0.176. The zero-order chi connectivity index (χ0) is 14.8. The molecular weight excluding hydrogens is 264 g/mol. The van der Waals surface area contributed by atoms with Gasteiger partial charge in [-0.3, -0.25) is 4.79 Å². The number of aromatic nitrogens is 2. The van der Waals surface area contributed by atoms with Crippen LogP contribution in [-0.2, 0) is 17.6 Å². The van der Waals surface area contributed by atoms with Crippen molar-refractivity contribution in [2.24, 2.45) is 0 Å². The van der Waals surface area contributed by atoms with E-state index in [0.29, 0.717) is 5.69 Å². The third kappa shape index (κ3) is 2.52. The predicted molar refractivity (Wildman–Crippen MR) is 81.8 cm³/mol. The summed E-state index contributed by atoms with van der Waals surface area (Å²) in [6.45, 7) is 2.10. The predicted octanol–water partition coefficient (Wildman–Crippen LogP) is 3.22. The molecule has 1 heterocycles. The highest BCUT2D eigenvalue weighted by molar-refractivity contribution is 5.86. The van der Waals surface area contributed by atoms with Crippen molar-refractivity contribution in [1.29, 1.82) is 0 Å². The molecule has 0 aliphatic heterocycles. The molecule has 0 aliphatic carbocycles. The van der Waals surface area contributed by atoms with E-state index in [1.54, 1.807) is 4.68 Å². The number of rotatable bonds is 4. The average Bonchev–Trinajstić information content (AvgIpc) is 2.86. The van der Waals surface area contributed by atoms with Crippen molar-refractivity contribution >= 4 is 16.9 Å². The first-order valence-corrected chi connectivity index (χ1v) is 6.97. The molecule has 0 atom stereocenters. The second kappa shape index (κ2) is 5.40. The van der Waals surface area contributed by atoms with Gasteiger partial charge in [0.15, 0.2) is 0 Å².